The largest absolute Gasteiger partial charge is 0.372 e. The third kappa shape index (κ3) is 4.03. The molecule has 0 radical (unpaired) electrons. The molecule has 1 unspecified atom stereocenters. The first-order valence-electron chi connectivity index (χ1n) is 8.07. The molecule has 1 heterocycles. The number of amides is 2. The third-order valence-corrected chi connectivity index (χ3v) is 4.22. The highest BCUT2D eigenvalue weighted by Crippen LogP contribution is 2.26. The summed E-state index contributed by atoms with van der Waals surface area (Å²) < 4.78 is 0. The minimum Gasteiger partial charge on any atom is -0.372 e. The molecule has 126 valence electrons. The molecule has 0 bridgehead atoms. The number of benzene rings is 1. The molecule has 1 aliphatic heterocycles. The predicted octanol–water partition coefficient (Wildman–Crippen LogP) is 2.02. The van der Waals surface area contributed by atoms with Crippen molar-refractivity contribution in [3.8, 4) is 0 Å². The van der Waals surface area contributed by atoms with E-state index >= 15 is 0 Å². The van der Waals surface area contributed by atoms with E-state index in [0.717, 1.165) is 17.8 Å². The maximum atomic E-state index is 12.6. The van der Waals surface area contributed by atoms with Gasteiger partial charge in [0.25, 0.3) is 0 Å². The van der Waals surface area contributed by atoms with Crippen LogP contribution < -0.4 is 10.2 Å². The Labute approximate surface area is 138 Å². The van der Waals surface area contributed by atoms with Gasteiger partial charge in [0.1, 0.15) is 0 Å². The van der Waals surface area contributed by atoms with E-state index in [0.29, 0.717) is 6.54 Å². The first-order chi connectivity index (χ1) is 10.7. The van der Waals surface area contributed by atoms with E-state index in [1.165, 1.54) is 0 Å². The SMILES string of the molecule is CC1CN(C)c2ccccc2CN1C(=O)CNC(=O)C(C)(C)C. The molecule has 0 fully saturated rings. The van der Waals surface area contributed by atoms with Gasteiger partial charge in [0, 0.05) is 37.3 Å². The van der Waals surface area contributed by atoms with Crippen LogP contribution >= 0.6 is 0 Å². The van der Waals surface area contributed by atoms with E-state index in [4.69, 9.17) is 0 Å². The lowest BCUT2D eigenvalue weighted by molar-refractivity contribution is -0.136. The van der Waals surface area contributed by atoms with E-state index in [1.54, 1.807) is 0 Å². The van der Waals surface area contributed by atoms with Crippen molar-refractivity contribution in [1.82, 2.24) is 10.2 Å². The number of hydrogen-bond acceptors (Lipinski definition) is 3. The van der Waals surface area contributed by atoms with Crippen molar-refractivity contribution in [2.24, 2.45) is 5.41 Å². The van der Waals surface area contributed by atoms with Crippen LogP contribution in [-0.2, 0) is 16.1 Å². The van der Waals surface area contributed by atoms with Gasteiger partial charge in [-0.1, -0.05) is 39.0 Å². The summed E-state index contributed by atoms with van der Waals surface area (Å²) in [5.41, 5.74) is 1.81. The zero-order chi connectivity index (χ0) is 17.2. The number of fused-ring (bicyclic) bond motifs is 1. The van der Waals surface area contributed by atoms with Crippen LogP contribution in [0, 0.1) is 5.41 Å². The van der Waals surface area contributed by atoms with E-state index in [1.807, 2.05) is 51.8 Å². The molecule has 0 aliphatic carbocycles. The van der Waals surface area contributed by atoms with Crippen molar-refractivity contribution in [3.63, 3.8) is 0 Å². The molecule has 0 spiro atoms. The summed E-state index contributed by atoms with van der Waals surface area (Å²) in [4.78, 5) is 28.6. The second-order valence-corrected chi connectivity index (χ2v) is 7.31. The second-order valence-electron chi connectivity index (χ2n) is 7.31. The average Bonchev–Trinajstić information content (AvgIpc) is 2.60. The zero-order valence-electron chi connectivity index (χ0n) is 14.7. The maximum absolute atomic E-state index is 12.6. The van der Waals surface area contributed by atoms with Crippen LogP contribution in [0.3, 0.4) is 0 Å². The Balaban J connectivity index is 2.10. The summed E-state index contributed by atoms with van der Waals surface area (Å²) in [6.07, 6.45) is 0. The average molecular weight is 317 g/mol. The lowest BCUT2D eigenvalue weighted by Gasteiger charge is -2.29. The van der Waals surface area contributed by atoms with Crippen molar-refractivity contribution in [3.05, 3.63) is 29.8 Å². The summed E-state index contributed by atoms with van der Waals surface area (Å²) >= 11 is 0. The van der Waals surface area contributed by atoms with E-state index in [2.05, 4.69) is 22.3 Å². The highest BCUT2D eigenvalue weighted by atomic mass is 16.2. The molecule has 0 saturated carbocycles. The van der Waals surface area contributed by atoms with E-state index in [9.17, 15) is 9.59 Å². The Kier molecular flexibility index (Phi) is 4.97. The molecule has 0 aromatic heterocycles. The predicted molar refractivity (Wildman–Crippen MR) is 92.2 cm³/mol. The molecule has 5 nitrogen and oxygen atoms in total. The van der Waals surface area contributed by atoms with E-state index in [-0.39, 0.29) is 24.4 Å². The molecule has 1 atom stereocenters. The number of carbonyl (C=O) groups is 2. The van der Waals surface area contributed by atoms with Crippen molar-refractivity contribution in [2.75, 3.05) is 25.0 Å². The molecule has 23 heavy (non-hydrogen) atoms. The quantitative estimate of drug-likeness (QED) is 0.908. The van der Waals surface area contributed by atoms with Crippen molar-refractivity contribution in [2.45, 2.75) is 40.3 Å². The first kappa shape index (κ1) is 17.3. The van der Waals surface area contributed by atoms with Crippen molar-refractivity contribution >= 4 is 17.5 Å². The maximum Gasteiger partial charge on any atom is 0.242 e. The van der Waals surface area contributed by atoms with Gasteiger partial charge in [-0.25, -0.2) is 0 Å². The monoisotopic (exact) mass is 317 g/mol. The van der Waals surface area contributed by atoms with Crippen LogP contribution in [0.1, 0.15) is 33.3 Å². The van der Waals surface area contributed by atoms with Crippen LogP contribution in [-0.4, -0.2) is 42.9 Å². The molecule has 1 aromatic rings. The molecule has 0 saturated heterocycles. The second kappa shape index (κ2) is 6.60. The van der Waals surface area contributed by atoms with Gasteiger partial charge in [-0.2, -0.15) is 0 Å². The van der Waals surface area contributed by atoms with Crippen molar-refractivity contribution in [1.29, 1.82) is 0 Å². The molecule has 2 rings (SSSR count). The Bertz CT molecular complexity index is 592. The minimum atomic E-state index is -0.489. The highest BCUT2D eigenvalue weighted by Gasteiger charge is 2.28. The third-order valence-electron chi connectivity index (χ3n) is 4.22. The number of anilines is 1. The number of carbonyl (C=O) groups excluding carboxylic acids is 2. The van der Waals surface area contributed by atoms with Crippen molar-refractivity contribution < 1.29 is 9.59 Å². The lowest BCUT2D eigenvalue weighted by atomic mass is 9.96. The van der Waals surface area contributed by atoms with Gasteiger partial charge in [-0.05, 0) is 18.6 Å². The van der Waals surface area contributed by atoms with Gasteiger partial charge in [-0.3, -0.25) is 9.59 Å². The lowest BCUT2D eigenvalue weighted by Crippen LogP contribution is -2.47. The summed E-state index contributed by atoms with van der Waals surface area (Å²) in [7, 11) is 2.05. The number of para-hydroxylation sites is 1. The van der Waals surface area contributed by atoms with Gasteiger partial charge < -0.3 is 15.1 Å². The van der Waals surface area contributed by atoms with Gasteiger partial charge in [0.05, 0.1) is 6.54 Å². The van der Waals surface area contributed by atoms with Crippen LogP contribution in [0.25, 0.3) is 0 Å². The molecular formula is C18H27N3O2. The molecule has 1 aromatic carbocycles. The van der Waals surface area contributed by atoms with Gasteiger partial charge in [-0.15, -0.1) is 0 Å². The molecule has 1 N–H and O–H groups in total. The van der Waals surface area contributed by atoms with Gasteiger partial charge in [0.15, 0.2) is 0 Å². The summed E-state index contributed by atoms with van der Waals surface area (Å²) in [6, 6.07) is 8.23. The molecule has 2 amide bonds. The number of nitrogens with zero attached hydrogens (tertiary/aromatic N) is 2. The fourth-order valence-electron chi connectivity index (χ4n) is 2.81. The number of nitrogens with one attached hydrogen (secondary N) is 1. The van der Waals surface area contributed by atoms with Crippen LogP contribution in [0.15, 0.2) is 24.3 Å². The zero-order valence-corrected chi connectivity index (χ0v) is 14.7. The standard InChI is InChI=1S/C18H27N3O2/c1-13-11-20(5)15-9-7-6-8-14(15)12-21(13)16(22)10-19-17(23)18(2,3)4/h6-9,13H,10-12H2,1-5H3,(H,19,23). The Morgan fingerprint density at radius 2 is 1.91 bits per heavy atom. The van der Waals surface area contributed by atoms with Gasteiger partial charge >= 0.3 is 0 Å². The first-order valence-corrected chi connectivity index (χ1v) is 8.07. The summed E-state index contributed by atoms with van der Waals surface area (Å²) in [5.74, 6) is -0.147. The van der Waals surface area contributed by atoms with Gasteiger partial charge in [0.2, 0.25) is 11.8 Å². The fourth-order valence-corrected chi connectivity index (χ4v) is 2.81. The normalized spacial score (nSPS) is 18.2. The molecule has 5 heteroatoms. The van der Waals surface area contributed by atoms with E-state index < -0.39 is 5.41 Å². The molecule has 1 aliphatic rings. The highest BCUT2D eigenvalue weighted by molar-refractivity contribution is 5.87. The number of likely N-dealkylation sites (N-methyl/N-ethyl adjacent to an activating group) is 1. The topological polar surface area (TPSA) is 52.6 Å². The fraction of sp³-hybridized carbons (Fsp3) is 0.556. The van der Waals surface area contributed by atoms with Crippen LogP contribution in [0.5, 0.6) is 0 Å². The molecular weight excluding hydrogens is 290 g/mol. The Morgan fingerprint density at radius 1 is 1.26 bits per heavy atom. The smallest absolute Gasteiger partial charge is 0.242 e. The number of hydrogen-bond donors (Lipinski definition) is 1. The summed E-state index contributed by atoms with van der Waals surface area (Å²) in [6.45, 7) is 8.96. The Hall–Kier alpha value is -2.04. The Morgan fingerprint density at radius 3 is 2.57 bits per heavy atom. The van der Waals surface area contributed by atoms with Crippen LogP contribution in [0.4, 0.5) is 5.69 Å². The minimum absolute atomic E-state index is 0.0415. The number of rotatable bonds is 2. The summed E-state index contributed by atoms with van der Waals surface area (Å²) in [5, 5.41) is 2.75. The van der Waals surface area contributed by atoms with Crippen LogP contribution in [0.2, 0.25) is 0 Å².